The van der Waals surface area contributed by atoms with E-state index in [0.29, 0.717) is 23.1 Å². The Balaban J connectivity index is 1.53. The minimum atomic E-state index is -0.200. The van der Waals surface area contributed by atoms with Crippen LogP contribution >= 0.6 is 34.3 Å². The molecule has 0 saturated carbocycles. The molecule has 4 rings (SSSR count). The zero-order valence-electron chi connectivity index (χ0n) is 18.9. The topological polar surface area (TPSA) is 49.9 Å². The van der Waals surface area contributed by atoms with E-state index in [9.17, 15) is 9.59 Å². The lowest BCUT2D eigenvalue weighted by Crippen LogP contribution is -2.49. The van der Waals surface area contributed by atoms with Gasteiger partial charge >= 0.3 is 0 Å². The molecular weight excluding hydrogens is 476 g/mol. The molecule has 0 fully saturated rings. The molecule has 8 heteroatoms. The number of nitrogens with zero attached hydrogens (tertiary/aromatic N) is 2. The Kier molecular flexibility index (Phi) is 7.41. The molecule has 1 aromatic carbocycles. The highest BCUT2D eigenvalue weighted by Crippen LogP contribution is 2.34. The lowest BCUT2D eigenvalue weighted by molar-refractivity contribution is -0.136. The quantitative estimate of drug-likeness (QED) is 0.408. The maximum absolute atomic E-state index is 13.5. The van der Waals surface area contributed by atoms with Crippen molar-refractivity contribution in [2.75, 3.05) is 19.7 Å². The van der Waals surface area contributed by atoms with Gasteiger partial charge in [0.15, 0.2) is 0 Å². The van der Waals surface area contributed by atoms with Crippen molar-refractivity contribution in [2.24, 2.45) is 0 Å². The summed E-state index contributed by atoms with van der Waals surface area (Å²) in [6.45, 7) is 6.82. The third kappa shape index (κ3) is 5.26. The zero-order chi connectivity index (χ0) is 23.5. The molecule has 5 nitrogen and oxygen atoms in total. The van der Waals surface area contributed by atoms with Gasteiger partial charge in [0.05, 0.1) is 10.9 Å². The monoisotopic (exact) mass is 502 g/mol. The normalized spacial score (nSPS) is 15.4. The molecule has 0 aliphatic carbocycles. The van der Waals surface area contributed by atoms with Gasteiger partial charge in [-0.15, -0.1) is 22.7 Å². The van der Waals surface area contributed by atoms with Crippen LogP contribution in [-0.4, -0.2) is 47.4 Å². The van der Waals surface area contributed by atoms with Gasteiger partial charge in [-0.2, -0.15) is 0 Å². The molecule has 0 radical (unpaired) electrons. The number of hydrogen-bond donors (Lipinski definition) is 0. The fourth-order valence-corrected chi connectivity index (χ4v) is 5.75. The summed E-state index contributed by atoms with van der Waals surface area (Å²) in [7, 11) is 0. The molecule has 0 bridgehead atoms. The van der Waals surface area contributed by atoms with Crippen molar-refractivity contribution in [1.29, 1.82) is 0 Å². The van der Waals surface area contributed by atoms with E-state index >= 15 is 0 Å². The van der Waals surface area contributed by atoms with Gasteiger partial charge < -0.3 is 14.5 Å². The summed E-state index contributed by atoms with van der Waals surface area (Å²) in [6.07, 6.45) is 0.815. The van der Waals surface area contributed by atoms with Crippen LogP contribution in [0.5, 0.6) is 5.75 Å². The molecule has 0 N–H and O–H groups in total. The first-order valence-electron chi connectivity index (χ1n) is 10.9. The number of ether oxygens (including phenoxy) is 1. The lowest BCUT2D eigenvalue weighted by Gasteiger charge is -2.37. The van der Waals surface area contributed by atoms with Crippen molar-refractivity contribution in [3.63, 3.8) is 0 Å². The lowest BCUT2D eigenvalue weighted by atomic mass is 10.00. The van der Waals surface area contributed by atoms with E-state index in [1.807, 2.05) is 55.3 Å². The van der Waals surface area contributed by atoms with Crippen molar-refractivity contribution < 1.29 is 14.3 Å². The van der Waals surface area contributed by atoms with Crippen molar-refractivity contribution in [3.8, 4) is 5.75 Å². The largest absolute Gasteiger partial charge is 0.491 e. The number of thiophene rings is 2. The Hall–Kier alpha value is -2.35. The van der Waals surface area contributed by atoms with Gasteiger partial charge in [0, 0.05) is 22.5 Å². The number of amides is 2. The van der Waals surface area contributed by atoms with Crippen LogP contribution in [-0.2, 0) is 11.2 Å². The van der Waals surface area contributed by atoms with Crippen LogP contribution in [0.1, 0.15) is 45.6 Å². The first-order chi connectivity index (χ1) is 15.8. The predicted molar refractivity (Wildman–Crippen MR) is 135 cm³/mol. The molecule has 0 unspecified atom stereocenters. The average Bonchev–Trinajstić information content (AvgIpc) is 3.49. The number of carbonyl (C=O) groups is 2. The third-order valence-electron chi connectivity index (χ3n) is 5.87. The van der Waals surface area contributed by atoms with Gasteiger partial charge in [0.2, 0.25) is 5.91 Å². The number of fused-ring (bicyclic) bond motifs is 1. The first-order valence-corrected chi connectivity index (χ1v) is 13.1. The minimum absolute atomic E-state index is 0.0461. The molecule has 2 aromatic heterocycles. The van der Waals surface area contributed by atoms with E-state index in [2.05, 4.69) is 11.4 Å². The number of benzene rings is 1. The molecular formula is C25H27ClN2O3S2. The summed E-state index contributed by atoms with van der Waals surface area (Å²) in [5.74, 6) is 0.556. The SMILES string of the molecule is Cc1cc(OC[C@H]2c3ccsc3CCN2C(=O)CN(C(=O)c2cccs2)C(C)C)ccc1Cl. The third-order valence-corrected chi connectivity index (χ3v) is 8.15. The van der Waals surface area contributed by atoms with Gasteiger partial charge in [-0.25, -0.2) is 0 Å². The first kappa shape index (κ1) is 23.8. The second-order valence-corrected chi connectivity index (χ2v) is 10.7. The van der Waals surface area contributed by atoms with Crippen LogP contribution in [0.2, 0.25) is 5.02 Å². The fourth-order valence-electron chi connectivity index (χ4n) is 4.02. The number of halogens is 1. The van der Waals surface area contributed by atoms with E-state index in [1.165, 1.54) is 16.2 Å². The van der Waals surface area contributed by atoms with E-state index in [0.717, 1.165) is 23.3 Å². The van der Waals surface area contributed by atoms with E-state index in [4.69, 9.17) is 16.3 Å². The Morgan fingerprint density at radius 2 is 2.03 bits per heavy atom. The molecule has 3 heterocycles. The number of carbonyl (C=O) groups excluding carboxylic acids is 2. The van der Waals surface area contributed by atoms with Crippen molar-refractivity contribution in [1.82, 2.24) is 9.80 Å². The number of hydrogen-bond acceptors (Lipinski definition) is 5. The van der Waals surface area contributed by atoms with Crippen LogP contribution in [0.25, 0.3) is 0 Å². The molecule has 174 valence electrons. The van der Waals surface area contributed by atoms with Crippen LogP contribution in [0.4, 0.5) is 0 Å². The average molecular weight is 503 g/mol. The summed E-state index contributed by atoms with van der Waals surface area (Å²) < 4.78 is 6.12. The van der Waals surface area contributed by atoms with Crippen molar-refractivity contribution in [3.05, 3.63) is 73.1 Å². The van der Waals surface area contributed by atoms with Crippen molar-refractivity contribution in [2.45, 2.75) is 39.3 Å². The number of rotatable bonds is 7. The molecule has 2 amide bonds. The molecule has 1 aliphatic heterocycles. The predicted octanol–water partition coefficient (Wildman–Crippen LogP) is 5.83. The van der Waals surface area contributed by atoms with Gasteiger partial charge in [-0.1, -0.05) is 17.7 Å². The van der Waals surface area contributed by atoms with E-state index < -0.39 is 0 Å². The van der Waals surface area contributed by atoms with Gasteiger partial charge in [-0.05, 0) is 79.4 Å². The van der Waals surface area contributed by atoms with Crippen molar-refractivity contribution >= 4 is 46.1 Å². The summed E-state index contributed by atoms with van der Waals surface area (Å²) in [5, 5.41) is 4.64. The minimum Gasteiger partial charge on any atom is -0.491 e. The fraction of sp³-hybridized carbons (Fsp3) is 0.360. The Bertz CT molecular complexity index is 1130. The van der Waals surface area contributed by atoms with Crippen LogP contribution in [0.15, 0.2) is 47.2 Å². The van der Waals surface area contributed by atoms with E-state index in [-0.39, 0.29) is 30.4 Å². The molecule has 3 aromatic rings. The summed E-state index contributed by atoms with van der Waals surface area (Å²) in [4.78, 5) is 32.0. The Morgan fingerprint density at radius 1 is 1.21 bits per heavy atom. The summed E-state index contributed by atoms with van der Waals surface area (Å²) in [5.41, 5.74) is 2.08. The Morgan fingerprint density at radius 3 is 2.73 bits per heavy atom. The van der Waals surface area contributed by atoms with E-state index in [1.54, 1.807) is 22.3 Å². The second-order valence-electron chi connectivity index (χ2n) is 8.38. The van der Waals surface area contributed by atoms with Gasteiger partial charge in [0.1, 0.15) is 18.9 Å². The molecule has 33 heavy (non-hydrogen) atoms. The highest BCUT2D eigenvalue weighted by atomic mass is 35.5. The molecule has 1 atom stereocenters. The molecule has 0 spiro atoms. The highest BCUT2D eigenvalue weighted by molar-refractivity contribution is 7.12. The molecule has 1 aliphatic rings. The summed E-state index contributed by atoms with van der Waals surface area (Å²) in [6, 6.07) is 11.0. The van der Waals surface area contributed by atoms with Gasteiger partial charge in [0.25, 0.3) is 5.91 Å². The van der Waals surface area contributed by atoms with Crippen LogP contribution < -0.4 is 4.74 Å². The maximum atomic E-state index is 13.5. The maximum Gasteiger partial charge on any atom is 0.264 e. The second kappa shape index (κ2) is 10.3. The smallest absolute Gasteiger partial charge is 0.264 e. The molecule has 0 saturated heterocycles. The zero-order valence-corrected chi connectivity index (χ0v) is 21.3. The van der Waals surface area contributed by atoms with Crippen LogP contribution in [0.3, 0.4) is 0 Å². The number of aryl methyl sites for hydroxylation is 1. The summed E-state index contributed by atoms with van der Waals surface area (Å²) >= 11 is 9.26. The standard InChI is InChI=1S/C25H27ClN2O3S2/c1-16(2)28(25(30)23-5-4-11-32-23)14-24(29)27-10-8-22-19(9-12-33-22)21(27)15-31-18-6-7-20(26)17(3)13-18/h4-7,9,11-13,16,21H,8,10,14-15H2,1-3H3/t21-/m0/s1. The Labute approximate surface area is 207 Å². The van der Waals surface area contributed by atoms with Gasteiger partial charge in [-0.3, -0.25) is 9.59 Å². The highest BCUT2D eigenvalue weighted by Gasteiger charge is 2.34. The van der Waals surface area contributed by atoms with Crippen LogP contribution in [0, 0.1) is 6.92 Å².